The van der Waals surface area contributed by atoms with Crippen LogP contribution in [0, 0.1) is 6.92 Å². The lowest BCUT2D eigenvalue weighted by Crippen LogP contribution is -2.49. The average molecular weight is 488 g/mol. The number of nitrogens with zero attached hydrogens (tertiary/aromatic N) is 2. The summed E-state index contributed by atoms with van der Waals surface area (Å²) in [7, 11) is 0. The molecule has 3 aromatic rings. The highest BCUT2D eigenvalue weighted by Gasteiger charge is 2.32. The van der Waals surface area contributed by atoms with E-state index in [4.69, 9.17) is 0 Å². The zero-order valence-electron chi connectivity index (χ0n) is 18.6. The van der Waals surface area contributed by atoms with Gasteiger partial charge in [0.15, 0.2) is 0 Å². The maximum Gasteiger partial charge on any atom is 0.416 e. The Hall–Kier alpha value is -3.33. The van der Waals surface area contributed by atoms with Crippen LogP contribution in [0.3, 0.4) is 0 Å². The van der Waals surface area contributed by atoms with Crippen LogP contribution in [0.4, 0.5) is 29.3 Å². The summed E-state index contributed by atoms with van der Waals surface area (Å²) in [5, 5.41) is 4.84. The number of thiophene rings is 1. The fourth-order valence-electron chi connectivity index (χ4n) is 3.97. The van der Waals surface area contributed by atoms with Gasteiger partial charge in [-0.15, -0.1) is 11.3 Å². The first kappa shape index (κ1) is 23.8. The van der Waals surface area contributed by atoms with Crippen LogP contribution in [-0.4, -0.2) is 29.9 Å². The first-order chi connectivity index (χ1) is 16.2. The molecule has 0 bridgehead atoms. The van der Waals surface area contributed by atoms with Gasteiger partial charge < -0.3 is 10.2 Å². The van der Waals surface area contributed by atoms with Crippen molar-refractivity contribution in [3.63, 3.8) is 0 Å². The van der Waals surface area contributed by atoms with Gasteiger partial charge in [0.05, 0.1) is 23.4 Å². The quantitative estimate of drug-likeness (QED) is 0.458. The number of hydrogen-bond acceptors (Lipinski definition) is 3. The molecule has 0 radical (unpaired) electrons. The van der Waals surface area contributed by atoms with Crippen LogP contribution in [0.15, 0.2) is 60.0 Å². The Morgan fingerprint density at radius 3 is 2.65 bits per heavy atom. The molecule has 5 nitrogen and oxygen atoms in total. The van der Waals surface area contributed by atoms with Gasteiger partial charge in [-0.05, 0) is 60.2 Å². The monoisotopic (exact) mass is 487 g/mol. The summed E-state index contributed by atoms with van der Waals surface area (Å²) in [6, 6.07) is 14.0. The molecule has 9 heteroatoms. The number of anilines is 2. The molecule has 1 N–H and O–H groups in total. The van der Waals surface area contributed by atoms with E-state index in [0.29, 0.717) is 36.4 Å². The van der Waals surface area contributed by atoms with Gasteiger partial charge in [-0.3, -0.25) is 9.69 Å². The molecule has 0 atom stereocenters. The molecule has 0 aliphatic carbocycles. The third-order valence-electron chi connectivity index (χ3n) is 5.57. The van der Waals surface area contributed by atoms with Crippen LogP contribution in [0.25, 0.3) is 0 Å². The highest BCUT2D eigenvalue weighted by Crippen LogP contribution is 2.32. The lowest BCUT2D eigenvalue weighted by Gasteiger charge is -2.36. The van der Waals surface area contributed by atoms with Gasteiger partial charge in [0.2, 0.25) is 5.91 Å². The normalized spacial score (nSPS) is 14.4. The van der Waals surface area contributed by atoms with E-state index in [9.17, 15) is 22.8 Å². The molecule has 1 saturated heterocycles. The van der Waals surface area contributed by atoms with Crippen LogP contribution < -0.4 is 10.2 Å². The molecular formula is C25H24F3N3O2S. The van der Waals surface area contributed by atoms with Gasteiger partial charge in [-0.2, -0.15) is 13.2 Å². The molecule has 0 spiro atoms. The van der Waals surface area contributed by atoms with Crippen LogP contribution >= 0.6 is 11.3 Å². The summed E-state index contributed by atoms with van der Waals surface area (Å²) in [4.78, 5) is 30.0. The smallest absolute Gasteiger partial charge is 0.324 e. The number of nitrogens with one attached hydrogen (secondary N) is 1. The Balaban J connectivity index is 1.53. The van der Waals surface area contributed by atoms with Crippen molar-refractivity contribution in [3.8, 4) is 0 Å². The molecule has 34 heavy (non-hydrogen) atoms. The van der Waals surface area contributed by atoms with Crippen molar-refractivity contribution < 1.29 is 22.8 Å². The second-order valence-electron chi connectivity index (χ2n) is 8.23. The number of rotatable bonds is 6. The van der Waals surface area contributed by atoms with Crippen LogP contribution in [0.5, 0.6) is 0 Å². The molecule has 2 aromatic carbocycles. The first-order valence-electron chi connectivity index (χ1n) is 10.9. The molecule has 1 fully saturated rings. The highest BCUT2D eigenvalue weighted by atomic mass is 32.1. The van der Waals surface area contributed by atoms with Gasteiger partial charge in [-0.25, -0.2) is 4.79 Å². The number of amides is 3. The number of carbonyl (C=O) groups excluding carboxylic acids is 2. The predicted octanol–water partition coefficient (Wildman–Crippen LogP) is 6.09. The van der Waals surface area contributed by atoms with E-state index in [2.05, 4.69) is 5.32 Å². The minimum atomic E-state index is -4.44. The van der Waals surface area contributed by atoms with Crippen molar-refractivity contribution >= 4 is 34.6 Å². The summed E-state index contributed by atoms with van der Waals surface area (Å²) in [5.41, 5.74) is 1.72. The van der Waals surface area contributed by atoms with E-state index < -0.39 is 11.7 Å². The Bertz CT molecular complexity index is 1180. The van der Waals surface area contributed by atoms with Gasteiger partial charge >= 0.3 is 12.2 Å². The standard InChI is InChI=1S/C25H24F3N3O2S/c1-17-8-9-22(21(13-17)29-23(32)15-20-7-3-12-34-20)31-11-4-10-30(24(31)33)16-18-5-2-6-19(14-18)25(26,27)28/h2-3,5-9,12-14H,4,10-11,15-16H2,1H3,(H,29,32). The fraction of sp³-hybridized carbons (Fsp3) is 0.280. The van der Waals surface area contributed by atoms with E-state index in [1.165, 1.54) is 22.3 Å². The molecule has 1 aliphatic rings. The van der Waals surface area contributed by atoms with Crippen molar-refractivity contribution in [1.82, 2.24) is 4.90 Å². The highest BCUT2D eigenvalue weighted by molar-refractivity contribution is 7.10. The average Bonchev–Trinajstić information content (AvgIpc) is 3.28. The van der Waals surface area contributed by atoms with Crippen molar-refractivity contribution in [2.45, 2.75) is 32.5 Å². The topological polar surface area (TPSA) is 52.6 Å². The van der Waals surface area contributed by atoms with Crippen LogP contribution in [0.1, 0.15) is 28.0 Å². The number of halogens is 3. The molecule has 0 unspecified atom stereocenters. The SMILES string of the molecule is Cc1ccc(N2CCCN(Cc3cccc(C(F)(F)F)c3)C2=O)c(NC(=O)Cc2cccs2)c1. The maximum absolute atomic E-state index is 13.3. The Kier molecular flexibility index (Phi) is 6.92. The number of benzene rings is 2. The van der Waals surface area contributed by atoms with Crippen molar-refractivity contribution in [3.05, 3.63) is 81.5 Å². The molecule has 2 heterocycles. The molecular weight excluding hydrogens is 463 g/mol. The fourth-order valence-corrected chi connectivity index (χ4v) is 4.67. The van der Waals surface area contributed by atoms with Gasteiger partial charge in [0.1, 0.15) is 0 Å². The van der Waals surface area contributed by atoms with Crippen molar-refractivity contribution in [2.24, 2.45) is 0 Å². The Morgan fingerprint density at radius 1 is 1.09 bits per heavy atom. The minimum Gasteiger partial charge on any atom is -0.324 e. The molecule has 178 valence electrons. The lowest BCUT2D eigenvalue weighted by atomic mass is 10.1. The number of hydrogen-bond donors (Lipinski definition) is 1. The summed E-state index contributed by atoms with van der Waals surface area (Å²) in [6.45, 7) is 2.87. The predicted molar refractivity (Wildman–Crippen MR) is 127 cm³/mol. The van der Waals surface area contributed by atoms with Gasteiger partial charge in [-0.1, -0.05) is 24.3 Å². The van der Waals surface area contributed by atoms with E-state index in [1.807, 2.05) is 36.6 Å². The van der Waals surface area contributed by atoms with Gasteiger partial charge in [0.25, 0.3) is 0 Å². The molecule has 3 amide bonds. The van der Waals surface area contributed by atoms with Crippen LogP contribution in [0.2, 0.25) is 0 Å². The second-order valence-corrected chi connectivity index (χ2v) is 9.26. The second kappa shape index (κ2) is 9.89. The Morgan fingerprint density at radius 2 is 1.91 bits per heavy atom. The number of urea groups is 1. The third kappa shape index (κ3) is 5.59. The van der Waals surface area contributed by atoms with Crippen molar-refractivity contribution in [1.29, 1.82) is 0 Å². The first-order valence-corrected chi connectivity index (χ1v) is 11.7. The zero-order valence-corrected chi connectivity index (χ0v) is 19.4. The number of aryl methyl sites for hydroxylation is 1. The molecule has 4 rings (SSSR count). The summed E-state index contributed by atoms with van der Waals surface area (Å²) < 4.78 is 39.3. The van der Waals surface area contributed by atoms with E-state index in [0.717, 1.165) is 22.6 Å². The van der Waals surface area contributed by atoms with Crippen LogP contribution in [-0.2, 0) is 23.9 Å². The summed E-state index contributed by atoms with van der Waals surface area (Å²) in [6.07, 6.45) is -3.55. The Labute approximate surface area is 199 Å². The lowest BCUT2D eigenvalue weighted by molar-refractivity contribution is -0.137. The number of carbonyl (C=O) groups is 2. The van der Waals surface area contributed by atoms with Gasteiger partial charge in [0, 0.05) is 24.5 Å². The molecule has 1 aromatic heterocycles. The minimum absolute atomic E-state index is 0.0746. The molecule has 1 aliphatic heterocycles. The molecule has 0 saturated carbocycles. The summed E-state index contributed by atoms with van der Waals surface area (Å²) >= 11 is 1.50. The van der Waals surface area contributed by atoms with E-state index in [1.54, 1.807) is 17.0 Å². The van der Waals surface area contributed by atoms with Crippen molar-refractivity contribution in [2.75, 3.05) is 23.3 Å². The third-order valence-corrected chi connectivity index (χ3v) is 6.45. The van der Waals surface area contributed by atoms with E-state index in [-0.39, 0.29) is 24.9 Å². The zero-order chi connectivity index (χ0) is 24.3. The largest absolute Gasteiger partial charge is 0.416 e. The maximum atomic E-state index is 13.3. The van der Waals surface area contributed by atoms with E-state index >= 15 is 0 Å². The number of alkyl halides is 3. The summed E-state index contributed by atoms with van der Waals surface area (Å²) in [5.74, 6) is -0.181.